The van der Waals surface area contributed by atoms with Crippen LogP contribution in [0.15, 0.2) is 48.5 Å². The monoisotopic (exact) mass is 308 g/mol. The first-order chi connectivity index (χ1) is 11.0. The molecule has 1 amide bonds. The minimum absolute atomic E-state index is 0.0509. The highest BCUT2D eigenvalue weighted by Crippen LogP contribution is 2.26. The van der Waals surface area contributed by atoms with Gasteiger partial charge in [0, 0.05) is 43.4 Å². The van der Waals surface area contributed by atoms with E-state index >= 15 is 0 Å². The zero-order chi connectivity index (χ0) is 16.4. The van der Waals surface area contributed by atoms with E-state index in [4.69, 9.17) is 0 Å². The van der Waals surface area contributed by atoms with Crippen LogP contribution in [-0.2, 0) is 11.2 Å². The summed E-state index contributed by atoms with van der Waals surface area (Å²) in [5.41, 5.74) is 3.55. The fourth-order valence-electron chi connectivity index (χ4n) is 2.91. The van der Waals surface area contributed by atoms with Crippen LogP contribution in [0, 0.1) is 5.92 Å². The van der Waals surface area contributed by atoms with Gasteiger partial charge >= 0.3 is 0 Å². The number of Topliss-reactive ketones (excluding diaryl/α,β-unsaturated/α-hetero) is 1. The first-order valence-electron chi connectivity index (χ1n) is 7.74. The van der Waals surface area contributed by atoms with Crippen LogP contribution in [-0.4, -0.2) is 25.8 Å². The van der Waals surface area contributed by atoms with E-state index in [1.807, 2.05) is 67.5 Å². The van der Waals surface area contributed by atoms with Crippen molar-refractivity contribution in [1.29, 1.82) is 0 Å². The van der Waals surface area contributed by atoms with Crippen LogP contribution in [0.2, 0.25) is 0 Å². The van der Waals surface area contributed by atoms with E-state index in [0.717, 1.165) is 22.5 Å². The lowest BCUT2D eigenvalue weighted by Crippen LogP contribution is -2.30. The van der Waals surface area contributed by atoms with Crippen LogP contribution in [0.5, 0.6) is 0 Å². The Bertz CT molecular complexity index is 735. The number of fused-ring (bicyclic) bond motifs is 1. The lowest BCUT2D eigenvalue weighted by molar-refractivity contribution is -0.119. The van der Waals surface area contributed by atoms with Crippen LogP contribution >= 0.6 is 0 Å². The number of anilines is 2. The maximum Gasteiger partial charge on any atom is 0.228 e. The number of benzene rings is 2. The van der Waals surface area contributed by atoms with Gasteiger partial charge in [-0.3, -0.25) is 9.59 Å². The number of hydrogen-bond donors (Lipinski definition) is 1. The molecule has 118 valence electrons. The maximum absolute atomic E-state index is 12.5. The van der Waals surface area contributed by atoms with Crippen LogP contribution in [0.25, 0.3) is 0 Å². The molecule has 0 saturated carbocycles. The standard InChI is InChI=1S/C19H20N2O2/c1-21(2)16-9-7-15(8-10-16)20-19(23)14-11-13-5-3-4-6-17(13)18(22)12-14/h3-10,14H,11-12H2,1-2H3,(H,20,23). The van der Waals surface area contributed by atoms with Crippen molar-refractivity contribution in [2.24, 2.45) is 5.92 Å². The van der Waals surface area contributed by atoms with E-state index in [0.29, 0.717) is 6.42 Å². The molecule has 0 aromatic heterocycles. The smallest absolute Gasteiger partial charge is 0.228 e. The number of amides is 1. The Morgan fingerprint density at radius 1 is 1.04 bits per heavy atom. The summed E-state index contributed by atoms with van der Waals surface area (Å²) in [6, 6.07) is 15.2. The third-order valence-corrected chi connectivity index (χ3v) is 4.24. The van der Waals surface area contributed by atoms with Crippen LogP contribution < -0.4 is 10.2 Å². The highest BCUT2D eigenvalue weighted by Gasteiger charge is 2.29. The Labute approximate surface area is 136 Å². The Morgan fingerprint density at radius 2 is 1.74 bits per heavy atom. The number of ketones is 1. The van der Waals surface area contributed by atoms with Gasteiger partial charge in [0.05, 0.1) is 0 Å². The number of rotatable bonds is 3. The molecule has 1 atom stereocenters. The zero-order valence-electron chi connectivity index (χ0n) is 13.4. The summed E-state index contributed by atoms with van der Waals surface area (Å²) < 4.78 is 0. The molecule has 0 spiro atoms. The topological polar surface area (TPSA) is 49.4 Å². The average molecular weight is 308 g/mol. The molecule has 0 heterocycles. The van der Waals surface area contributed by atoms with Gasteiger partial charge in [-0.1, -0.05) is 24.3 Å². The van der Waals surface area contributed by atoms with Crippen LogP contribution in [0.3, 0.4) is 0 Å². The van der Waals surface area contributed by atoms with Crippen molar-refractivity contribution in [3.05, 3.63) is 59.7 Å². The Hall–Kier alpha value is -2.62. The number of nitrogens with one attached hydrogen (secondary N) is 1. The summed E-state index contributed by atoms with van der Waals surface area (Å²) in [5.74, 6) is -0.341. The molecule has 2 aromatic carbocycles. The van der Waals surface area contributed by atoms with E-state index in [1.165, 1.54) is 0 Å². The van der Waals surface area contributed by atoms with Gasteiger partial charge in [0.2, 0.25) is 5.91 Å². The summed E-state index contributed by atoms with van der Waals surface area (Å²) in [6.45, 7) is 0. The number of nitrogens with zero attached hydrogens (tertiary/aromatic N) is 1. The highest BCUT2D eigenvalue weighted by atomic mass is 16.2. The van der Waals surface area contributed by atoms with Crippen LogP contribution in [0.4, 0.5) is 11.4 Å². The maximum atomic E-state index is 12.5. The molecule has 1 aliphatic carbocycles. The van der Waals surface area contributed by atoms with Gasteiger partial charge in [-0.25, -0.2) is 0 Å². The normalized spacial score (nSPS) is 16.6. The second kappa shape index (κ2) is 6.24. The molecule has 0 fully saturated rings. The fourth-order valence-corrected chi connectivity index (χ4v) is 2.91. The largest absolute Gasteiger partial charge is 0.378 e. The van der Waals surface area contributed by atoms with E-state index in [-0.39, 0.29) is 24.0 Å². The first kappa shape index (κ1) is 15.3. The van der Waals surface area contributed by atoms with Crippen molar-refractivity contribution in [3.63, 3.8) is 0 Å². The Balaban J connectivity index is 1.71. The van der Waals surface area contributed by atoms with Gasteiger partial charge in [-0.2, -0.15) is 0 Å². The third-order valence-electron chi connectivity index (χ3n) is 4.24. The molecule has 0 saturated heterocycles. The van der Waals surface area contributed by atoms with Gasteiger partial charge in [0.1, 0.15) is 0 Å². The van der Waals surface area contributed by atoms with Gasteiger partial charge < -0.3 is 10.2 Å². The van der Waals surface area contributed by atoms with Crippen molar-refractivity contribution in [2.45, 2.75) is 12.8 Å². The first-order valence-corrected chi connectivity index (χ1v) is 7.74. The second-order valence-corrected chi connectivity index (χ2v) is 6.12. The summed E-state index contributed by atoms with van der Waals surface area (Å²) in [7, 11) is 3.94. The number of carbonyl (C=O) groups is 2. The van der Waals surface area contributed by atoms with Crippen molar-refractivity contribution in [2.75, 3.05) is 24.3 Å². The molecule has 3 rings (SSSR count). The van der Waals surface area contributed by atoms with E-state index in [2.05, 4.69) is 5.32 Å². The molecule has 0 radical (unpaired) electrons. The molecule has 4 heteroatoms. The summed E-state index contributed by atoms with van der Waals surface area (Å²) in [5, 5.41) is 2.92. The van der Waals surface area contributed by atoms with Gasteiger partial charge in [-0.05, 0) is 36.2 Å². The zero-order valence-corrected chi connectivity index (χ0v) is 13.4. The molecule has 1 N–H and O–H groups in total. The Kier molecular flexibility index (Phi) is 4.15. The molecule has 4 nitrogen and oxygen atoms in total. The molecule has 1 aliphatic rings. The molecule has 0 aliphatic heterocycles. The predicted octanol–water partition coefficient (Wildman–Crippen LogP) is 3.14. The lowest BCUT2D eigenvalue weighted by Gasteiger charge is -2.23. The molecule has 23 heavy (non-hydrogen) atoms. The lowest BCUT2D eigenvalue weighted by atomic mass is 9.82. The van der Waals surface area contributed by atoms with Crippen molar-refractivity contribution >= 4 is 23.1 Å². The SMILES string of the molecule is CN(C)c1ccc(NC(=O)C2CC(=O)c3ccccc3C2)cc1. The predicted molar refractivity (Wildman–Crippen MR) is 92.0 cm³/mol. The minimum Gasteiger partial charge on any atom is -0.378 e. The summed E-state index contributed by atoms with van der Waals surface area (Å²) in [4.78, 5) is 26.7. The fraction of sp³-hybridized carbons (Fsp3) is 0.263. The van der Waals surface area contributed by atoms with Gasteiger partial charge in [0.15, 0.2) is 5.78 Å². The van der Waals surface area contributed by atoms with E-state index in [9.17, 15) is 9.59 Å². The van der Waals surface area contributed by atoms with E-state index < -0.39 is 0 Å². The second-order valence-electron chi connectivity index (χ2n) is 6.12. The van der Waals surface area contributed by atoms with Crippen LogP contribution in [0.1, 0.15) is 22.3 Å². The van der Waals surface area contributed by atoms with Crippen molar-refractivity contribution < 1.29 is 9.59 Å². The molecule has 1 unspecified atom stereocenters. The van der Waals surface area contributed by atoms with Crippen molar-refractivity contribution in [3.8, 4) is 0 Å². The molecular weight excluding hydrogens is 288 g/mol. The summed E-state index contributed by atoms with van der Waals surface area (Å²) >= 11 is 0. The van der Waals surface area contributed by atoms with Crippen molar-refractivity contribution in [1.82, 2.24) is 0 Å². The molecule has 2 aromatic rings. The van der Waals surface area contributed by atoms with Gasteiger partial charge in [0.25, 0.3) is 0 Å². The quantitative estimate of drug-likeness (QED) is 0.947. The average Bonchev–Trinajstić information content (AvgIpc) is 2.55. The molecule has 0 bridgehead atoms. The highest BCUT2D eigenvalue weighted by molar-refractivity contribution is 6.03. The van der Waals surface area contributed by atoms with Gasteiger partial charge in [-0.15, -0.1) is 0 Å². The molecular formula is C19H20N2O2. The van der Waals surface area contributed by atoms with E-state index in [1.54, 1.807) is 0 Å². The number of carbonyl (C=O) groups excluding carboxylic acids is 2. The summed E-state index contributed by atoms with van der Waals surface area (Å²) in [6.07, 6.45) is 0.891. The third kappa shape index (κ3) is 3.26. The number of hydrogen-bond acceptors (Lipinski definition) is 3. The minimum atomic E-state index is -0.300. The Morgan fingerprint density at radius 3 is 2.43 bits per heavy atom.